The third-order valence-electron chi connectivity index (χ3n) is 11.6. The molecular weight excluding hydrogens is 1200 g/mol. The fourth-order valence-corrected chi connectivity index (χ4v) is 7.51. The Bertz CT molecular complexity index is 2280. The van der Waals surface area contributed by atoms with Crippen LogP contribution in [0.25, 0.3) is 0 Å². The van der Waals surface area contributed by atoms with Crippen molar-refractivity contribution in [2.45, 2.75) is 129 Å². The number of amides is 5. The first-order valence-electron chi connectivity index (χ1n) is 26.7. The van der Waals surface area contributed by atoms with E-state index in [0.29, 0.717) is 48.7 Å². The minimum absolute atomic E-state index is 0.0530. The summed E-state index contributed by atoms with van der Waals surface area (Å²) in [6, 6.07) is -4.52. The van der Waals surface area contributed by atoms with Gasteiger partial charge in [0.2, 0.25) is 29.5 Å². The molecule has 0 bridgehead atoms. The summed E-state index contributed by atoms with van der Waals surface area (Å²) in [5.41, 5.74) is 0. The topological polar surface area (TPSA) is 578 Å². The van der Waals surface area contributed by atoms with Gasteiger partial charge in [0.05, 0.1) is 75.4 Å². The van der Waals surface area contributed by atoms with Gasteiger partial charge in [-0.15, -0.1) is 0 Å². The zero-order valence-corrected chi connectivity index (χ0v) is 49.7. The van der Waals surface area contributed by atoms with Crippen molar-refractivity contribution in [1.29, 1.82) is 0 Å². The standard InChI is InChI=1S/C23H43N3O13S.C14H22N2O9.C12H20N2O8/c1-3-18(28)15-38-9-4-5-10-39-16-19(29)12-25(17(2)27)8-7-24-23(34)20(6-11-40(35,36)37)26(13-21(30)31)14-22(32)33;1-3-9(18)5-16(8(2)17)10(14(24)25)4-11(19)15(6-12(20)21)7-13(22)23;1-2-7(15)4-13-8(12(21)22)3-9(16)14(5-10(17)18)6-11(19)20/h18-20,28-29H,3-16H2,1-2H3,(H,24,34)(H,30,31)(H,32,33)(H,35,36,37);9-10,18H,3-7H2,1-2H3,(H,20,21)(H,22,23)(H,24,25);7-8,13,15H,2-6H2,1H3,(H,17,18)(H,19,20)(H,21,22). The summed E-state index contributed by atoms with van der Waals surface area (Å²) in [5, 5.41) is 115. The lowest BCUT2D eigenvalue weighted by molar-refractivity contribution is -0.155. The van der Waals surface area contributed by atoms with Gasteiger partial charge in [-0.05, 0) is 38.5 Å². The molecule has 0 saturated heterocycles. The van der Waals surface area contributed by atoms with Crippen LogP contribution in [0.3, 0.4) is 0 Å². The monoisotopic (exact) mass is 1280 g/mol. The highest BCUT2D eigenvalue weighted by atomic mass is 32.2. The van der Waals surface area contributed by atoms with Crippen LogP contribution in [0, 0.1) is 0 Å². The summed E-state index contributed by atoms with van der Waals surface area (Å²) in [4.78, 5) is 152. The van der Waals surface area contributed by atoms with E-state index in [4.69, 9.17) is 49.8 Å². The molecule has 0 aliphatic carbocycles. The molecule has 87 heavy (non-hydrogen) atoms. The molecule has 0 aromatic heterocycles. The van der Waals surface area contributed by atoms with Crippen LogP contribution in [0.15, 0.2) is 0 Å². The van der Waals surface area contributed by atoms with Crippen molar-refractivity contribution in [3.05, 3.63) is 0 Å². The quantitative estimate of drug-likeness (QED) is 0.0200. The Labute approximate surface area is 500 Å². The lowest BCUT2D eigenvalue weighted by Crippen LogP contribution is -2.52. The predicted molar refractivity (Wildman–Crippen MR) is 294 cm³/mol. The van der Waals surface area contributed by atoms with E-state index in [-0.39, 0.29) is 52.4 Å². The molecule has 5 amide bonds. The molecule has 0 radical (unpaired) electrons. The van der Waals surface area contributed by atoms with E-state index in [1.54, 1.807) is 13.8 Å². The van der Waals surface area contributed by atoms with Crippen LogP contribution in [0.1, 0.15) is 86.0 Å². The lowest BCUT2D eigenvalue weighted by Gasteiger charge is -2.30. The summed E-state index contributed by atoms with van der Waals surface area (Å²) in [6.45, 7) is 2.50. The molecule has 0 heterocycles. The van der Waals surface area contributed by atoms with Gasteiger partial charge in [0.15, 0.2) is 0 Å². The van der Waals surface area contributed by atoms with Crippen LogP contribution in [0.4, 0.5) is 0 Å². The van der Waals surface area contributed by atoms with E-state index in [0.717, 1.165) is 16.7 Å². The van der Waals surface area contributed by atoms with Gasteiger partial charge in [0.1, 0.15) is 38.3 Å². The molecule has 15 N–H and O–H groups in total. The van der Waals surface area contributed by atoms with Gasteiger partial charge in [-0.2, -0.15) is 8.42 Å². The average molecular weight is 1280 g/mol. The molecule has 37 nitrogen and oxygen atoms in total. The Balaban J connectivity index is -0.00000129. The van der Waals surface area contributed by atoms with E-state index in [1.807, 2.05) is 6.92 Å². The zero-order chi connectivity index (χ0) is 67.7. The van der Waals surface area contributed by atoms with Crippen LogP contribution >= 0.6 is 0 Å². The number of carbonyl (C=O) groups excluding carboxylic acids is 5. The normalized spacial score (nSPS) is 13.4. The molecule has 0 aliphatic rings. The SMILES string of the molecule is CCC(O)CN(C(C)=O)C(CC(=O)N(CC(=O)O)CC(=O)O)C(=O)O.CCC(O)CNC(CC(=O)N(CC(=O)O)CC(=O)O)C(=O)O.CCC(O)COCCCCOCC(O)CN(CCNC(=O)C(CCS(=O)(=O)O)N(CC(=O)O)CC(=O)O)C(C)=O. The lowest BCUT2D eigenvalue weighted by atomic mass is 10.1. The number of ether oxygens (including phenoxy) is 2. The minimum Gasteiger partial charge on any atom is -0.480 e. The van der Waals surface area contributed by atoms with Gasteiger partial charge in [0, 0.05) is 59.8 Å². The molecular formula is C49H85N7O30S. The smallest absolute Gasteiger partial charge is 0.326 e. The van der Waals surface area contributed by atoms with Crippen LogP contribution in [0.2, 0.25) is 0 Å². The number of hydrogen-bond acceptors (Lipinski definition) is 23. The highest BCUT2D eigenvalue weighted by Crippen LogP contribution is 2.12. The number of nitrogens with zero attached hydrogens (tertiary/aromatic N) is 5. The molecule has 0 saturated carbocycles. The van der Waals surface area contributed by atoms with E-state index in [2.05, 4.69) is 10.6 Å². The fourth-order valence-electron chi connectivity index (χ4n) is 6.99. The van der Waals surface area contributed by atoms with Gasteiger partial charge >= 0.3 is 47.8 Å². The number of carboxylic acids is 8. The van der Waals surface area contributed by atoms with Gasteiger partial charge in [0.25, 0.3) is 10.1 Å². The van der Waals surface area contributed by atoms with Crippen LogP contribution in [-0.4, -0.2) is 323 Å². The number of carbonyl (C=O) groups is 13. The summed E-state index contributed by atoms with van der Waals surface area (Å²) in [7, 11) is -4.53. The number of aliphatic hydroxyl groups is 4. The van der Waals surface area contributed by atoms with E-state index < -0.39 is 194 Å². The molecule has 38 heteroatoms. The molecule has 0 spiro atoms. The second-order valence-corrected chi connectivity index (χ2v) is 20.6. The van der Waals surface area contributed by atoms with E-state index >= 15 is 0 Å². The van der Waals surface area contributed by atoms with Gasteiger partial charge in [-0.3, -0.25) is 67.0 Å². The molecule has 0 aromatic carbocycles. The van der Waals surface area contributed by atoms with Gasteiger partial charge < -0.3 is 101 Å². The van der Waals surface area contributed by atoms with Crippen molar-refractivity contribution >= 4 is 87.4 Å². The first-order chi connectivity index (χ1) is 40.3. The van der Waals surface area contributed by atoms with E-state index in [1.165, 1.54) is 11.8 Å². The summed E-state index contributed by atoms with van der Waals surface area (Å²) >= 11 is 0. The molecule has 0 fully saturated rings. The highest BCUT2D eigenvalue weighted by molar-refractivity contribution is 7.85. The zero-order valence-electron chi connectivity index (χ0n) is 48.9. The van der Waals surface area contributed by atoms with Gasteiger partial charge in [-0.25, -0.2) is 4.79 Å². The number of aliphatic carboxylic acids is 8. The number of unbranched alkanes of at least 4 members (excludes halogenated alkanes) is 1. The van der Waals surface area contributed by atoms with Gasteiger partial charge in [-0.1, -0.05) is 20.8 Å². The largest absolute Gasteiger partial charge is 0.480 e. The maximum Gasteiger partial charge on any atom is 0.326 e. The Morgan fingerprint density at radius 2 is 0.931 bits per heavy atom. The number of carboxylic acid groups (broad SMARTS) is 8. The number of nitrogens with one attached hydrogen (secondary N) is 2. The molecule has 0 aliphatic heterocycles. The van der Waals surface area contributed by atoms with Crippen molar-refractivity contribution < 1.29 is 146 Å². The Kier molecular flexibility index (Phi) is 44.3. The van der Waals surface area contributed by atoms with Crippen molar-refractivity contribution in [1.82, 2.24) is 35.1 Å². The Morgan fingerprint density at radius 1 is 0.506 bits per heavy atom. The fraction of sp³-hybridized carbons (Fsp3) is 0.735. The molecule has 0 rings (SSSR count). The maximum absolute atomic E-state index is 12.7. The number of hydrogen-bond donors (Lipinski definition) is 15. The third-order valence-corrected chi connectivity index (χ3v) is 12.4. The molecule has 7 unspecified atom stereocenters. The minimum atomic E-state index is -4.53. The molecule has 502 valence electrons. The summed E-state index contributed by atoms with van der Waals surface area (Å²) in [5.74, 6) is -16.4. The number of aliphatic hydroxyl groups excluding tert-OH is 4. The Morgan fingerprint density at radius 3 is 1.30 bits per heavy atom. The van der Waals surface area contributed by atoms with Crippen LogP contribution < -0.4 is 10.6 Å². The van der Waals surface area contributed by atoms with Crippen molar-refractivity contribution in [2.75, 3.05) is 104 Å². The predicted octanol–water partition coefficient (Wildman–Crippen LogP) is -5.35. The van der Waals surface area contributed by atoms with Crippen LogP contribution in [-0.2, 0) is 81.9 Å². The van der Waals surface area contributed by atoms with Crippen molar-refractivity contribution in [2.24, 2.45) is 0 Å². The molecule has 7 atom stereocenters. The van der Waals surface area contributed by atoms with Crippen molar-refractivity contribution in [3.8, 4) is 0 Å². The average Bonchev–Trinajstić information content (AvgIpc) is 3.59. The summed E-state index contributed by atoms with van der Waals surface area (Å²) < 4.78 is 42.1. The first-order valence-corrected chi connectivity index (χ1v) is 28.4. The second-order valence-electron chi connectivity index (χ2n) is 19.0. The summed E-state index contributed by atoms with van der Waals surface area (Å²) in [6.07, 6.45) is -2.71. The van der Waals surface area contributed by atoms with E-state index in [9.17, 15) is 96.3 Å². The first kappa shape index (κ1) is 83.9. The third kappa shape index (κ3) is 43.9. The van der Waals surface area contributed by atoms with Crippen LogP contribution in [0.5, 0.6) is 0 Å². The molecule has 0 aromatic rings. The second kappa shape index (κ2) is 45.9. The Hall–Kier alpha value is -7.30. The number of rotatable bonds is 46. The highest BCUT2D eigenvalue weighted by Gasteiger charge is 2.35. The maximum atomic E-state index is 12.7. The van der Waals surface area contributed by atoms with Crippen molar-refractivity contribution in [3.63, 3.8) is 0 Å².